The fraction of sp³-hybridized carbons (Fsp3) is 0.619. The van der Waals surface area contributed by atoms with Gasteiger partial charge in [0.25, 0.3) is 0 Å². The Labute approximate surface area is 172 Å². The standard InChI is InChI=1S/C21H32FN3O4/c1-5-15(2)20(21(27)29-4)23-19(26)14-25-10-8-24(9-11-25)13-16-12-17(22)6-7-18(16)28-3/h6-7,12,15,20H,5,8-11,13-14H2,1-4H3,(H,23,26)/t15-,20+/m0/s1. The van der Waals surface area contributed by atoms with E-state index in [4.69, 9.17) is 9.47 Å². The van der Waals surface area contributed by atoms with Crippen LogP contribution in [0, 0.1) is 11.7 Å². The Balaban J connectivity index is 1.84. The van der Waals surface area contributed by atoms with Crippen molar-refractivity contribution in [3.8, 4) is 5.75 Å². The molecule has 2 atom stereocenters. The maximum Gasteiger partial charge on any atom is 0.328 e. The van der Waals surface area contributed by atoms with E-state index < -0.39 is 12.0 Å². The van der Waals surface area contributed by atoms with Crippen LogP contribution >= 0.6 is 0 Å². The van der Waals surface area contributed by atoms with Crippen molar-refractivity contribution in [3.63, 3.8) is 0 Å². The van der Waals surface area contributed by atoms with Gasteiger partial charge in [-0.25, -0.2) is 9.18 Å². The number of hydrogen-bond acceptors (Lipinski definition) is 6. The molecule has 0 saturated carbocycles. The first-order chi connectivity index (χ1) is 13.9. The van der Waals surface area contributed by atoms with Crippen LogP contribution in [0.2, 0.25) is 0 Å². The van der Waals surface area contributed by atoms with Gasteiger partial charge in [0.05, 0.1) is 20.8 Å². The van der Waals surface area contributed by atoms with Crippen molar-refractivity contribution in [2.45, 2.75) is 32.9 Å². The molecule has 1 N–H and O–H groups in total. The van der Waals surface area contributed by atoms with Gasteiger partial charge in [-0.15, -0.1) is 0 Å². The number of ether oxygens (including phenoxy) is 2. The Morgan fingerprint density at radius 3 is 2.41 bits per heavy atom. The van der Waals surface area contributed by atoms with Crippen molar-refractivity contribution < 1.29 is 23.5 Å². The Hall–Kier alpha value is -2.19. The second-order valence-electron chi connectivity index (χ2n) is 7.46. The summed E-state index contributed by atoms with van der Waals surface area (Å²) in [6.07, 6.45) is 0.766. The summed E-state index contributed by atoms with van der Waals surface area (Å²) in [5.41, 5.74) is 0.813. The molecule has 0 spiro atoms. The minimum Gasteiger partial charge on any atom is -0.496 e. The first-order valence-corrected chi connectivity index (χ1v) is 10.0. The smallest absolute Gasteiger partial charge is 0.328 e. The number of rotatable bonds is 9. The van der Waals surface area contributed by atoms with Gasteiger partial charge in [-0.05, 0) is 24.1 Å². The molecule has 8 heteroatoms. The lowest BCUT2D eigenvalue weighted by Gasteiger charge is -2.34. The third kappa shape index (κ3) is 6.68. The molecule has 1 fully saturated rings. The maximum atomic E-state index is 13.6. The molecule has 1 aliphatic rings. The second kappa shape index (κ2) is 11.1. The lowest BCUT2D eigenvalue weighted by Crippen LogP contribution is -2.52. The topological polar surface area (TPSA) is 71.1 Å². The van der Waals surface area contributed by atoms with E-state index in [1.165, 1.54) is 19.2 Å². The van der Waals surface area contributed by atoms with Crippen LogP contribution in [0.1, 0.15) is 25.8 Å². The molecule has 1 heterocycles. The summed E-state index contributed by atoms with van der Waals surface area (Å²) in [5, 5.41) is 2.81. The van der Waals surface area contributed by atoms with Gasteiger partial charge in [0.15, 0.2) is 0 Å². The number of carbonyl (C=O) groups is 2. The highest BCUT2D eigenvalue weighted by Crippen LogP contribution is 2.21. The van der Waals surface area contributed by atoms with Crippen LogP contribution in [0.3, 0.4) is 0 Å². The Morgan fingerprint density at radius 2 is 1.83 bits per heavy atom. The van der Waals surface area contributed by atoms with Crippen LogP contribution in [-0.2, 0) is 20.9 Å². The molecule has 0 bridgehead atoms. The average Bonchev–Trinajstić information content (AvgIpc) is 2.72. The number of carbonyl (C=O) groups excluding carboxylic acids is 2. The maximum absolute atomic E-state index is 13.6. The van der Waals surface area contributed by atoms with Gasteiger partial charge in [-0.1, -0.05) is 20.3 Å². The van der Waals surface area contributed by atoms with Gasteiger partial charge < -0.3 is 14.8 Å². The number of esters is 1. The Morgan fingerprint density at radius 1 is 1.17 bits per heavy atom. The second-order valence-corrected chi connectivity index (χ2v) is 7.46. The molecule has 2 rings (SSSR count). The summed E-state index contributed by atoms with van der Waals surface area (Å²) in [6, 6.07) is 3.90. The van der Waals surface area contributed by atoms with Crippen molar-refractivity contribution in [2.75, 3.05) is 46.9 Å². The number of amides is 1. The molecule has 1 saturated heterocycles. The highest BCUT2D eigenvalue weighted by molar-refractivity contribution is 5.85. The van der Waals surface area contributed by atoms with Gasteiger partial charge in [0.2, 0.25) is 5.91 Å². The molecule has 0 aromatic heterocycles. The van der Waals surface area contributed by atoms with E-state index in [1.54, 1.807) is 13.2 Å². The van der Waals surface area contributed by atoms with Crippen LogP contribution in [0.5, 0.6) is 5.75 Å². The van der Waals surface area contributed by atoms with E-state index in [0.717, 1.165) is 38.2 Å². The fourth-order valence-corrected chi connectivity index (χ4v) is 3.44. The minimum atomic E-state index is -0.626. The number of methoxy groups -OCH3 is 2. The van der Waals surface area contributed by atoms with Crippen LogP contribution < -0.4 is 10.1 Å². The number of piperazine rings is 1. The van der Waals surface area contributed by atoms with E-state index >= 15 is 0 Å². The van der Waals surface area contributed by atoms with E-state index in [1.807, 2.05) is 13.8 Å². The molecule has 1 amide bonds. The molecule has 1 aliphatic heterocycles. The molecule has 29 heavy (non-hydrogen) atoms. The predicted molar refractivity (Wildman–Crippen MR) is 108 cm³/mol. The quantitative estimate of drug-likeness (QED) is 0.626. The van der Waals surface area contributed by atoms with Crippen molar-refractivity contribution in [2.24, 2.45) is 5.92 Å². The highest BCUT2D eigenvalue weighted by atomic mass is 19.1. The molecule has 0 radical (unpaired) electrons. The van der Waals surface area contributed by atoms with Crippen LogP contribution in [0.4, 0.5) is 4.39 Å². The number of halogens is 1. The third-order valence-electron chi connectivity index (χ3n) is 5.45. The van der Waals surface area contributed by atoms with Gasteiger partial charge in [0.1, 0.15) is 17.6 Å². The summed E-state index contributed by atoms with van der Waals surface area (Å²) < 4.78 is 23.7. The number of nitrogens with zero attached hydrogens (tertiary/aromatic N) is 2. The van der Waals surface area contributed by atoms with E-state index in [-0.39, 0.29) is 24.2 Å². The molecule has 7 nitrogen and oxygen atoms in total. The molecule has 1 aromatic rings. The number of hydrogen-bond donors (Lipinski definition) is 1. The van der Waals surface area contributed by atoms with Crippen molar-refractivity contribution in [1.29, 1.82) is 0 Å². The average molecular weight is 410 g/mol. The molecule has 1 aromatic carbocycles. The summed E-state index contributed by atoms with van der Waals surface area (Å²) in [6.45, 7) is 7.69. The van der Waals surface area contributed by atoms with Crippen molar-refractivity contribution >= 4 is 11.9 Å². The van der Waals surface area contributed by atoms with E-state index in [2.05, 4.69) is 15.1 Å². The van der Waals surface area contributed by atoms with E-state index in [9.17, 15) is 14.0 Å². The summed E-state index contributed by atoms with van der Waals surface area (Å²) >= 11 is 0. The van der Waals surface area contributed by atoms with Gasteiger partial charge in [-0.3, -0.25) is 14.6 Å². The Kier molecular flexibility index (Phi) is 8.85. The zero-order valence-corrected chi connectivity index (χ0v) is 17.7. The van der Waals surface area contributed by atoms with Gasteiger partial charge in [0, 0.05) is 38.3 Å². The SMILES string of the molecule is CC[C@H](C)[C@@H](NC(=O)CN1CCN(Cc2cc(F)ccc2OC)CC1)C(=O)OC. The van der Waals surface area contributed by atoms with Gasteiger partial charge >= 0.3 is 5.97 Å². The largest absolute Gasteiger partial charge is 0.496 e. The molecular weight excluding hydrogens is 377 g/mol. The van der Waals surface area contributed by atoms with Crippen molar-refractivity contribution in [1.82, 2.24) is 15.1 Å². The van der Waals surface area contributed by atoms with E-state index in [0.29, 0.717) is 12.3 Å². The summed E-state index contributed by atoms with van der Waals surface area (Å²) in [4.78, 5) is 28.6. The summed E-state index contributed by atoms with van der Waals surface area (Å²) in [5.74, 6) is -0.198. The molecular formula is C21H32FN3O4. The zero-order chi connectivity index (χ0) is 21.4. The molecule has 162 valence electrons. The zero-order valence-electron chi connectivity index (χ0n) is 17.7. The van der Waals surface area contributed by atoms with Gasteiger partial charge in [-0.2, -0.15) is 0 Å². The first kappa shape index (κ1) is 23.1. The van der Waals surface area contributed by atoms with Crippen molar-refractivity contribution in [3.05, 3.63) is 29.6 Å². The Bertz CT molecular complexity index is 693. The number of benzene rings is 1. The minimum absolute atomic E-state index is 0.00416. The van der Waals surface area contributed by atoms with Crippen LogP contribution in [-0.4, -0.2) is 74.7 Å². The summed E-state index contributed by atoms with van der Waals surface area (Å²) in [7, 11) is 2.91. The fourth-order valence-electron chi connectivity index (χ4n) is 3.44. The lowest BCUT2D eigenvalue weighted by atomic mass is 9.99. The third-order valence-corrected chi connectivity index (χ3v) is 5.45. The monoisotopic (exact) mass is 409 g/mol. The molecule has 0 unspecified atom stereocenters. The predicted octanol–water partition coefficient (Wildman–Crippen LogP) is 1.66. The normalized spacial score (nSPS) is 17.4. The number of nitrogens with one attached hydrogen (secondary N) is 1. The van der Waals surface area contributed by atoms with Crippen LogP contribution in [0.25, 0.3) is 0 Å². The lowest BCUT2D eigenvalue weighted by molar-refractivity contribution is -0.146. The van der Waals surface area contributed by atoms with Crippen LogP contribution in [0.15, 0.2) is 18.2 Å². The first-order valence-electron chi connectivity index (χ1n) is 10.0. The highest BCUT2D eigenvalue weighted by Gasteiger charge is 2.28. The molecule has 0 aliphatic carbocycles.